The summed E-state index contributed by atoms with van der Waals surface area (Å²) < 4.78 is 0. The van der Waals surface area contributed by atoms with E-state index < -0.39 is 0 Å². The van der Waals surface area contributed by atoms with Crippen molar-refractivity contribution in [2.24, 2.45) is 0 Å². The Hall–Kier alpha value is -1.92. The topological polar surface area (TPSA) is 65.5 Å². The number of nitrogens with one attached hydrogen (secondary N) is 1. The average molecular weight is 303 g/mol. The smallest absolute Gasteiger partial charge is 0.223 e. The number of hydrogen-bond donors (Lipinski definition) is 2. The normalized spacial score (nSPS) is 17.4. The van der Waals surface area contributed by atoms with E-state index in [1.54, 1.807) is 0 Å². The van der Waals surface area contributed by atoms with Crippen molar-refractivity contribution in [2.75, 3.05) is 16.8 Å². The number of hydrogen-bond acceptors (Lipinski definition) is 5. The molecular weight excluding hydrogens is 286 g/mol. The first-order chi connectivity index (χ1) is 10.1. The molecule has 0 saturated heterocycles. The Kier molecular flexibility index (Phi) is 3.90. The van der Waals surface area contributed by atoms with Gasteiger partial charge in [-0.05, 0) is 11.6 Å². The van der Waals surface area contributed by atoms with Crippen LogP contribution in [-0.4, -0.2) is 28.6 Å². The molecule has 1 aliphatic heterocycles. The molecule has 0 saturated carbocycles. The number of anilines is 2. The lowest BCUT2D eigenvalue weighted by molar-refractivity contribution is -0.114. The van der Waals surface area contributed by atoms with Gasteiger partial charge in [-0.3, -0.25) is 4.79 Å². The van der Waals surface area contributed by atoms with Crippen molar-refractivity contribution in [2.45, 2.75) is 26.0 Å². The van der Waals surface area contributed by atoms with E-state index >= 15 is 0 Å². The number of carbonyl (C=O) groups excluding carboxylic acids is 1. The van der Waals surface area contributed by atoms with Crippen molar-refractivity contribution in [1.29, 1.82) is 0 Å². The zero-order valence-electron chi connectivity index (χ0n) is 11.7. The van der Waals surface area contributed by atoms with Crippen LogP contribution in [0.1, 0.15) is 18.2 Å². The molecule has 1 aliphatic rings. The van der Waals surface area contributed by atoms with Crippen molar-refractivity contribution >= 4 is 28.1 Å². The van der Waals surface area contributed by atoms with Crippen molar-refractivity contribution < 1.29 is 9.90 Å². The molecule has 1 amide bonds. The quantitative estimate of drug-likeness (QED) is 0.910. The summed E-state index contributed by atoms with van der Waals surface area (Å²) in [5.74, 6) is -0.116. The van der Waals surface area contributed by atoms with Gasteiger partial charge in [-0.25, -0.2) is 4.98 Å². The van der Waals surface area contributed by atoms with Crippen molar-refractivity contribution in [3.05, 3.63) is 40.9 Å². The largest absolute Gasteiger partial charge is 0.391 e. The molecule has 110 valence electrons. The van der Waals surface area contributed by atoms with Gasteiger partial charge in [0.15, 0.2) is 5.13 Å². The molecule has 2 heterocycles. The van der Waals surface area contributed by atoms with E-state index in [1.165, 1.54) is 18.3 Å². The van der Waals surface area contributed by atoms with Crippen LogP contribution >= 0.6 is 11.3 Å². The maximum atomic E-state index is 11.0. The third-order valence-electron chi connectivity index (χ3n) is 3.41. The Morgan fingerprint density at radius 3 is 3.14 bits per heavy atom. The predicted molar refractivity (Wildman–Crippen MR) is 83.6 cm³/mol. The molecule has 21 heavy (non-hydrogen) atoms. The standard InChI is InChI=1S/C15H17N3O2S/c1-10(19)16-15-17-12(9-21-15)7-18-8-13(20)6-11-4-2-3-5-14(11)18/h2-5,9,13,20H,6-8H2,1H3,(H,16,17,19). The van der Waals surface area contributed by atoms with Crippen LogP contribution in [-0.2, 0) is 17.8 Å². The first kappa shape index (κ1) is 14.0. The molecule has 5 nitrogen and oxygen atoms in total. The first-order valence-electron chi connectivity index (χ1n) is 6.85. The van der Waals surface area contributed by atoms with Crippen LogP contribution in [0, 0.1) is 0 Å². The zero-order chi connectivity index (χ0) is 14.8. The summed E-state index contributed by atoms with van der Waals surface area (Å²) >= 11 is 1.42. The Morgan fingerprint density at radius 2 is 2.33 bits per heavy atom. The predicted octanol–water partition coefficient (Wildman–Crippen LogP) is 2.03. The number of aliphatic hydroxyl groups excluding tert-OH is 1. The van der Waals surface area contributed by atoms with Gasteiger partial charge in [0.2, 0.25) is 5.91 Å². The molecule has 0 aliphatic carbocycles. The highest BCUT2D eigenvalue weighted by atomic mass is 32.1. The Morgan fingerprint density at radius 1 is 1.52 bits per heavy atom. The summed E-state index contributed by atoms with van der Waals surface area (Å²) in [5.41, 5.74) is 3.21. The van der Waals surface area contributed by atoms with Crippen molar-refractivity contribution in [3.63, 3.8) is 0 Å². The molecule has 1 aromatic carbocycles. The maximum Gasteiger partial charge on any atom is 0.223 e. The van der Waals surface area contributed by atoms with Crippen LogP contribution in [0.5, 0.6) is 0 Å². The highest BCUT2D eigenvalue weighted by Gasteiger charge is 2.23. The number of benzene rings is 1. The number of thiazole rings is 1. The van der Waals surface area contributed by atoms with Gasteiger partial charge in [0.05, 0.1) is 18.3 Å². The number of β-amino-alcohol motifs (C(OH)–C–C–N with tert-alkyl or cyclic N) is 1. The third-order valence-corrected chi connectivity index (χ3v) is 4.21. The van der Waals surface area contributed by atoms with Gasteiger partial charge in [0.25, 0.3) is 0 Å². The molecule has 0 radical (unpaired) electrons. The Balaban J connectivity index is 1.78. The fourth-order valence-corrected chi connectivity index (χ4v) is 3.34. The Bertz CT molecular complexity index is 656. The number of para-hydroxylation sites is 1. The number of aliphatic hydroxyl groups is 1. The summed E-state index contributed by atoms with van der Waals surface area (Å²) in [6.07, 6.45) is 0.342. The summed E-state index contributed by atoms with van der Waals surface area (Å²) in [4.78, 5) is 17.6. The molecule has 2 aromatic rings. The van der Waals surface area contributed by atoms with Gasteiger partial charge in [-0.1, -0.05) is 18.2 Å². The summed E-state index contributed by atoms with van der Waals surface area (Å²) in [7, 11) is 0. The highest BCUT2D eigenvalue weighted by molar-refractivity contribution is 7.13. The van der Waals surface area contributed by atoms with Crippen LogP contribution in [0.4, 0.5) is 10.8 Å². The highest BCUT2D eigenvalue weighted by Crippen LogP contribution is 2.28. The van der Waals surface area contributed by atoms with Gasteiger partial charge in [-0.2, -0.15) is 0 Å². The molecule has 1 unspecified atom stereocenters. The van der Waals surface area contributed by atoms with E-state index in [1.807, 2.05) is 17.5 Å². The molecule has 3 rings (SSSR count). The van der Waals surface area contributed by atoms with Crippen LogP contribution in [0.3, 0.4) is 0 Å². The van der Waals surface area contributed by atoms with Crippen LogP contribution in [0.15, 0.2) is 29.6 Å². The summed E-state index contributed by atoms with van der Waals surface area (Å²) in [6.45, 7) is 2.70. The van der Waals surface area contributed by atoms with Gasteiger partial charge in [-0.15, -0.1) is 11.3 Å². The van der Waals surface area contributed by atoms with E-state index in [4.69, 9.17) is 0 Å². The minimum absolute atomic E-state index is 0.116. The first-order valence-corrected chi connectivity index (χ1v) is 7.72. The second-order valence-electron chi connectivity index (χ2n) is 5.19. The lowest BCUT2D eigenvalue weighted by Crippen LogP contribution is -2.38. The lowest BCUT2D eigenvalue weighted by Gasteiger charge is -2.33. The molecule has 1 atom stereocenters. The molecule has 0 spiro atoms. The van der Waals surface area contributed by atoms with E-state index in [2.05, 4.69) is 27.3 Å². The number of aromatic nitrogens is 1. The van der Waals surface area contributed by atoms with E-state index in [0.29, 0.717) is 24.6 Å². The van der Waals surface area contributed by atoms with Crippen LogP contribution in [0.2, 0.25) is 0 Å². The second-order valence-corrected chi connectivity index (χ2v) is 6.05. The zero-order valence-corrected chi connectivity index (χ0v) is 12.6. The van der Waals surface area contributed by atoms with Crippen molar-refractivity contribution in [3.8, 4) is 0 Å². The molecular formula is C15H17N3O2S. The SMILES string of the molecule is CC(=O)Nc1nc(CN2CC(O)Cc3ccccc32)cs1. The van der Waals surface area contributed by atoms with Gasteiger partial charge >= 0.3 is 0 Å². The van der Waals surface area contributed by atoms with Crippen molar-refractivity contribution in [1.82, 2.24) is 4.98 Å². The molecule has 0 fully saturated rings. The number of amides is 1. The van der Waals surface area contributed by atoms with Crippen LogP contribution in [0.25, 0.3) is 0 Å². The Labute approximate surface area is 127 Å². The summed E-state index contributed by atoms with van der Waals surface area (Å²) in [6, 6.07) is 8.12. The molecule has 6 heteroatoms. The number of nitrogens with zero attached hydrogens (tertiary/aromatic N) is 2. The van der Waals surface area contributed by atoms with Crippen LogP contribution < -0.4 is 10.2 Å². The third kappa shape index (κ3) is 3.22. The second kappa shape index (κ2) is 5.83. The molecule has 0 bridgehead atoms. The fourth-order valence-electron chi connectivity index (χ4n) is 2.60. The number of fused-ring (bicyclic) bond motifs is 1. The van der Waals surface area contributed by atoms with E-state index in [0.717, 1.165) is 16.9 Å². The summed E-state index contributed by atoms with van der Waals surface area (Å²) in [5, 5.41) is 15.3. The van der Waals surface area contributed by atoms with E-state index in [-0.39, 0.29) is 12.0 Å². The average Bonchev–Trinajstić information content (AvgIpc) is 2.85. The fraction of sp³-hybridized carbons (Fsp3) is 0.333. The van der Waals surface area contributed by atoms with Gasteiger partial charge in [0, 0.05) is 31.0 Å². The maximum absolute atomic E-state index is 11.0. The monoisotopic (exact) mass is 303 g/mol. The van der Waals surface area contributed by atoms with E-state index in [9.17, 15) is 9.90 Å². The minimum atomic E-state index is -0.353. The minimum Gasteiger partial charge on any atom is -0.391 e. The van der Waals surface area contributed by atoms with Gasteiger partial charge in [0.1, 0.15) is 0 Å². The number of rotatable bonds is 3. The molecule has 2 N–H and O–H groups in total. The lowest BCUT2D eigenvalue weighted by atomic mass is 10.00. The van der Waals surface area contributed by atoms with Gasteiger partial charge < -0.3 is 15.3 Å². The molecule has 1 aromatic heterocycles. The number of carbonyl (C=O) groups is 1.